The highest BCUT2D eigenvalue weighted by atomic mass is 16.6. The SMILES string of the molecule is CCOC(=O)N1CCC(NC(=O)c2cnc(Nc3cccc(C)c3)cn2)CC1. The fraction of sp³-hybridized carbons (Fsp3) is 0.400. The Labute approximate surface area is 164 Å². The van der Waals surface area contributed by atoms with E-state index in [0.29, 0.717) is 38.4 Å². The molecular formula is C20H25N5O3. The molecule has 2 amide bonds. The van der Waals surface area contributed by atoms with Crippen LogP contribution >= 0.6 is 0 Å². The Hall–Kier alpha value is -3.16. The van der Waals surface area contributed by atoms with Crippen LogP contribution in [0.1, 0.15) is 35.8 Å². The lowest BCUT2D eigenvalue weighted by molar-refractivity contribution is 0.0856. The second-order valence-corrected chi connectivity index (χ2v) is 6.72. The summed E-state index contributed by atoms with van der Waals surface area (Å²) in [6.07, 6.45) is 4.08. The van der Waals surface area contributed by atoms with Crippen molar-refractivity contribution in [3.8, 4) is 0 Å². The van der Waals surface area contributed by atoms with Crippen molar-refractivity contribution in [1.82, 2.24) is 20.2 Å². The number of hydrogen-bond acceptors (Lipinski definition) is 6. The Morgan fingerprint density at radius 3 is 2.64 bits per heavy atom. The van der Waals surface area contributed by atoms with E-state index in [4.69, 9.17) is 4.74 Å². The molecule has 3 rings (SSSR count). The minimum absolute atomic E-state index is 0.00470. The lowest BCUT2D eigenvalue weighted by Gasteiger charge is -2.31. The number of likely N-dealkylation sites (tertiary alicyclic amines) is 1. The number of piperidine rings is 1. The van der Waals surface area contributed by atoms with Crippen molar-refractivity contribution in [1.29, 1.82) is 0 Å². The van der Waals surface area contributed by atoms with Gasteiger partial charge in [-0.15, -0.1) is 0 Å². The molecule has 1 aliphatic heterocycles. The monoisotopic (exact) mass is 383 g/mol. The zero-order valence-corrected chi connectivity index (χ0v) is 16.1. The van der Waals surface area contributed by atoms with Crippen LogP contribution in [0, 0.1) is 6.92 Å². The summed E-state index contributed by atoms with van der Waals surface area (Å²) in [6.45, 7) is 5.29. The van der Waals surface area contributed by atoms with Crippen LogP contribution in [0.5, 0.6) is 0 Å². The van der Waals surface area contributed by atoms with Gasteiger partial charge in [-0.2, -0.15) is 0 Å². The number of hydrogen-bond donors (Lipinski definition) is 2. The van der Waals surface area contributed by atoms with Crippen molar-refractivity contribution in [2.24, 2.45) is 0 Å². The Kier molecular flexibility index (Phi) is 6.41. The minimum atomic E-state index is -0.296. The molecule has 2 aromatic rings. The zero-order chi connectivity index (χ0) is 19.9. The van der Waals surface area contributed by atoms with Gasteiger partial charge in [0.15, 0.2) is 0 Å². The molecule has 0 radical (unpaired) electrons. The number of rotatable bonds is 5. The molecule has 0 atom stereocenters. The Morgan fingerprint density at radius 1 is 1.21 bits per heavy atom. The maximum absolute atomic E-state index is 12.4. The van der Waals surface area contributed by atoms with Crippen molar-refractivity contribution in [2.45, 2.75) is 32.7 Å². The number of nitrogens with one attached hydrogen (secondary N) is 2. The fourth-order valence-corrected chi connectivity index (χ4v) is 3.06. The molecule has 1 aliphatic rings. The standard InChI is InChI=1S/C20H25N5O3/c1-3-28-20(27)25-9-7-15(8-10-25)24-19(26)17-12-22-18(13-21-17)23-16-6-4-5-14(2)11-16/h4-6,11-13,15H,3,7-10H2,1-2H3,(H,22,23)(H,24,26). The van der Waals surface area contributed by atoms with E-state index in [1.807, 2.05) is 31.2 Å². The predicted octanol–water partition coefficient (Wildman–Crippen LogP) is 2.88. The summed E-state index contributed by atoms with van der Waals surface area (Å²) in [5.41, 5.74) is 2.32. The molecule has 0 bridgehead atoms. The quantitative estimate of drug-likeness (QED) is 0.824. The van der Waals surface area contributed by atoms with Crippen LogP contribution in [0.25, 0.3) is 0 Å². The third-order valence-electron chi connectivity index (χ3n) is 4.53. The summed E-state index contributed by atoms with van der Waals surface area (Å²) in [5.74, 6) is 0.314. The molecule has 0 saturated carbocycles. The molecule has 0 spiro atoms. The van der Waals surface area contributed by atoms with Crippen LogP contribution < -0.4 is 10.6 Å². The number of benzene rings is 1. The maximum Gasteiger partial charge on any atom is 0.409 e. The van der Waals surface area contributed by atoms with Gasteiger partial charge >= 0.3 is 6.09 Å². The van der Waals surface area contributed by atoms with Gasteiger partial charge in [-0.3, -0.25) is 4.79 Å². The smallest absolute Gasteiger partial charge is 0.409 e. The van der Waals surface area contributed by atoms with Crippen molar-refractivity contribution in [2.75, 3.05) is 25.0 Å². The van der Waals surface area contributed by atoms with E-state index in [-0.39, 0.29) is 23.7 Å². The first-order chi connectivity index (χ1) is 13.5. The van der Waals surface area contributed by atoms with Crippen LogP contribution in [0.4, 0.5) is 16.3 Å². The van der Waals surface area contributed by atoms with Crippen molar-refractivity contribution < 1.29 is 14.3 Å². The predicted molar refractivity (Wildman–Crippen MR) is 106 cm³/mol. The number of carbonyl (C=O) groups excluding carboxylic acids is 2. The van der Waals surface area contributed by atoms with Gasteiger partial charge in [0, 0.05) is 24.8 Å². The fourth-order valence-electron chi connectivity index (χ4n) is 3.06. The molecule has 8 nitrogen and oxygen atoms in total. The number of aromatic nitrogens is 2. The molecule has 148 valence electrons. The van der Waals surface area contributed by atoms with Crippen LogP contribution in [0.3, 0.4) is 0 Å². The molecule has 2 heterocycles. The van der Waals surface area contributed by atoms with Gasteiger partial charge in [0.25, 0.3) is 5.91 Å². The molecule has 1 aromatic heterocycles. The first-order valence-corrected chi connectivity index (χ1v) is 9.43. The van der Waals surface area contributed by atoms with E-state index >= 15 is 0 Å². The Bertz CT molecular complexity index is 817. The Balaban J connectivity index is 1.50. The maximum atomic E-state index is 12.4. The van der Waals surface area contributed by atoms with Gasteiger partial charge in [-0.1, -0.05) is 12.1 Å². The summed E-state index contributed by atoms with van der Waals surface area (Å²) in [4.78, 5) is 34.3. The van der Waals surface area contributed by atoms with E-state index in [9.17, 15) is 9.59 Å². The molecule has 0 aliphatic carbocycles. The normalized spacial score (nSPS) is 14.4. The number of ether oxygens (including phenoxy) is 1. The summed E-state index contributed by atoms with van der Waals surface area (Å²) < 4.78 is 5.00. The topological polar surface area (TPSA) is 96.5 Å². The molecule has 0 unspecified atom stereocenters. The van der Waals surface area contributed by atoms with Crippen molar-refractivity contribution >= 4 is 23.5 Å². The summed E-state index contributed by atoms with van der Waals surface area (Å²) in [6, 6.07) is 7.93. The number of carbonyl (C=O) groups is 2. The van der Waals surface area contributed by atoms with Gasteiger partial charge in [0.1, 0.15) is 11.5 Å². The highest BCUT2D eigenvalue weighted by molar-refractivity contribution is 5.92. The third kappa shape index (κ3) is 5.18. The van der Waals surface area contributed by atoms with Gasteiger partial charge in [-0.25, -0.2) is 14.8 Å². The summed E-state index contributed by atoms with van der Waals surface area (Å²) >= 11 is 0. The highest BCUT2D eigenvalue weighted by Crippen LogP contribution is 2.15. The van der Waals surface area contributed by atoms with Crippen LogP contribution in [0.15, 0.2) is 36.7 Å². The molecular weight excluding hydrogens is 358 g/mol. The molecule has 1 fully saturated rings. The first-order valence-electron chi connectivity index (χ1n) is 9.43. The van der Waals surface area contributed by atoms with Gasteiger partial charge in [0.05, 0.1) is 19.0 Å². The number of aryl methyl sites for hydroxylation is 1. The first kappa shape index (κ1) is 19.6. The van der Waals surface area contributed by atoms with E-state index < -0.39 is 0 Å². The molecule has 8 heteroatoms. The minimum Gasteiger partial charge on any atom is -0.450 e. The van der Waals surface area contributed by atoms with Crippen molar-refractivity contribution in [3.63, 3.8) is 0 Å². The summed E-state index contributed by atoms with van der Waals surface area (Å²) in [7, 11) is 0. The average Bonchev–Trinajstić information content (AvgIpc) is 2.69. The molecule has 1 saturated heterocycles. The van der Waals surface area contributed by atoms with E-state index in [0.717, 1.165) is 11.3 Å². The zero-order valence-electron chi connectivity index (χ0n) is 16.1. The summed E-state index contributed by atoms with van der Waals surface area (Å²) in [5, 5.41) is 6.13. The lowest BCUT2D eigenvalue weighted by atomic mass is 10.1. The van der Waals surface area contributed by atoms with Gasteiger partial charge < -0.3 is 20.3 Å². The van der Waals surface area contributed by atoms with Gasteiger partial charge in [0.2, 0.25) is 0 Å². The van der Waals surface area contributed by atoms with Crippen LogP contribution in [0.2, 0.25) is 0 Å². The van der Waals surface area contributed by atoms with E-state index in [2.05, 4.69) is 20.6 Å². The van der Waals surface area contributed by atoms with Crippen molar-refractivity contribution in [3.05, 3.63) is 47.9 Å². The third-order valence-corrected chi connectivity index (χ3v) is 4.53. The molecule has 28 heavy (non-hydrogen) atoms. The second-order valence-electron chi connectivity index (χ2n) is 6.72. The second kappa shape index (κ2) is 9.16. The largest absolute Gasteiger partial charge is 0.450 e. The number of nitrogens with zero attached hydrogens (tertiary/aromatic N) is 3. The molecule has 1 aromatic carbocycles. The highest BCUT2D eigenvalue weighted by Gasteiger charge is 2.25. The van der Waals surface area contributed by atoms with Crippen LogP contribution in [-0.4, -0.2) is 52.6 Å². The lowest BCUT2D eigenvalue weighted by Crippen LogP contribution is -2.46. The molecule has 2 N–H and O–H groups in total. The van der Waals surface area contributed by atoms with E-state index in [1.165, 1.54) is 6.20 Å². The number of amides is 2. The van der Waals surface area contributed by atoms with E-state index in [1.54, 1.807) is 18.0 Å². The average molecular weight is 383 g/mol. The Morgan fingerprint density at radius 2 is 2.00 bits per heavy atom. The van der Waals surface area contributed by atoms with Gasteiger partial charge in [-0.05, 0) is 44.4 Å². The number of anilines is 2. The van der Waals surface area contributed by atoms with Crippen LogP contribution in [-0.2, 0) is 4.74 Å².